The first-order valence-electron chi connectivity index (χ1n) is 6.48. The Labute approximate surface area is 117 Å². The van der Waals surface area contributed by atoms with E-state index in [-0.39, 0.29) is 0 Å². The molecule has 2 aromatic carbocycles. The van der Waals surface area contributed by atoms with Crippen LogP contribution in [0.4, 0.5) is 11.4 Å². The van der Waals surface area contributed by atoms with Crippen LogP contribution in [0.3, 0.4) is 0 Å². The molecule has 0 spiro atoms. The molecule has 4 rings (SSSR count). The number of para-hydroxylation sites is 4. The Bertz CT molecular complexity index is 773. The predicted molar refractivity (Wildman–Crippen MR) is 79.3 cm³/mol. The molecule has 0 radical (unpaired) electrons. The highest BCUT2D eigenvalue weighted by Crippen LogP contribution is 2.48. The molecule has 2 aliphatic rings. The van der Waals surface area contributed by atoms with Crippen LogP contribution < -0.4 is 9.64 Å². The van der Waals surface area contributed by atoms with E-state index in [2.05, 4.69) is 16.4 Å². The van der Waals surface area contributed by atoms with E-state index in [4.69, 9.17) is 4.74 Å². The molecule has 0 saturated carbocycles. The molecule has 0 bridgehead atoms. The highest BCUT2D eigenvalue weighted by Gasteiger charge is 2.25. The molecule has 0 N–H and O–H groups in total. The topological polar surface area (TPSA) is 12.5 Å². The second-order valence-electron chi connectivity index (χ2n) is 4.55. The second kappa shape index (κ2) is 4.32. The van der Waals surface area contributed by atoms with Gasteiger partial charge in [0, 0.05) is 0 Å². The van der Waals surface area contributed by atoms with Gasteiger partial charge in [0.1, 0.15) is 0 Å². The molecule has 0 unspecified atom stereocenters. The number of hydrogen-bond acceptors (Lipinski definition) is 2. The number of rotatable bonds is 1. The quantitative estimate of drug-likeness (QED) is 0.687. The zero-order valence-corrected chi connectivity index (χ0v) is 10.7. The van der Waals surface area contributed by atoms with Gasteiger partial charge in [-0.05, 0) is 42.1 Å². The minimum Gasteiger partial charge on any atom is -0.453 e. The van der Waals surface area contributed by atoms with Gasteiger partial charge >= 0.3 is 0 Å². The molecule has 94 valence electrons. The molecule has 0 amide bonds. The fourth-order valence-corrected chi connectivity index (χ4v) is 2.44. The fourth-order valence-electron chi connectivity index (χ4n) is 2.44. The normalized spacial score (nSPS) is 14.4. The molecule has 2 nitrogen and oxygen atoms in total. The van der Waals surface area contributed by atoms with Crippen LogP contribution in [-0.4, -0.2) is 0 Å². The number of allylic oxidation sites excluding steroid dienone is 3. The van der Waals surface area contributed by atoms with Crippen LogP contribution in [0.25, 0.3) is 0 Å². The van der Waals surface area contributed by atoms with Gasteiger partial charge in [-0.1, -0.05) is 36.1 Å². The van der Waals surface area contributed by atoms with Gasteiger partial charge in [-0.25, -0.2) is 0 Å². The lowest BCUT2D eigenvalue weighted by Crippen LogP contribution is -2.19. The van der Waals surface area contributed by atoms with Crippen molar-refractivity contribution in [1.82, 2.24) is 0 Å². The minimum atomic E-state index is 0.850. The number of anilines is 2. The molecule has 2 aromatic rings. The van der Waals surface area contributed by atoms with Crippen molar-refractivity contribution in [3.05, 3.63) is 83.9 Å². The van der Waals surface area contributed by atoms with Crippen molar-refractivity contribution in [2.45, 2.75) is 0 Å². The molecular weight excluding hydrogens is 246 g/mol. The van der Waals surface area contributed by atoms with Gasteiger partial charge in [-0.15, -0.1) is 0 Å². The monoisotopic (exact) mass is 257 g/mol. The van der Waals surface area contributed by atoms with Gasteiger partial charge in [-0.2, -0.15) is 0 Å². The Morgan fingerprint density at radius 1 is 0.850 bits per heavy atom. The maximum Gasteiger partial charge on any atom is 0.151 e. The van der Waals surface area contributed by atoms with Crippen molar-refractivity contribution in [2.75, 3.05) is 4.90 Å². The molecule has 1 aliphatic heterocycles. The standard InChI is InChI=1S/C18H11NO/c1-2-8-14(9-3-1)19-15-10-4-6-12-17(15)20-18-13-7-5-11-16(18)19/h1-2,4-8,10-13H. The van der Waals surface area contributed by atoms with Crippen LogP contribution in [0.2, 0.25) is 0 Å². The lowest BCUT2D eigenvalue weighted by Gasteiger charge is -2.32. The molecule has 0 atom stereocenters. The maximum absolute atomic E-state index is 5.96. The van der Waals surface area contributed by atoms with Gasteiger partial charge in [0.05, 0.1) is 17.1 Å². The lowest BCUT2D eigenvalue weighted by atomic mass is 10.1. The van der Waals surface area contributed by atoms with E-state index in [0.717, 1.165) is 28.6 Å². The maximum atomic E-state index is 5.96. The van der Waals surface area contributed by atoms with Crippen LogP contribution in [0.15, 0.2) is 83.9 Å². The zero-order chi connectivity index (χ0) is 13.4. The SMILES string of the molecule is C1=C=C(N2c3ccccc3Oc3ccccc32)C=CC=1. The second-order valence-corrected chi connectivity index (χ2v) is 4.55. The Morgan fingerprint density at radius 3 is 2.10 bits per heavy atom. The molecule has 1 aliphatic carbocycles. The molecule has 2 heteroatoms. The summed E-state index contributed by atoms with van der Waals surface area (Å²) < 4.78 is 5.96. The van der Waals surface area contributed by atoms with Crippen LogP contribution in [-0.2, 0) is 0 Å². The van der Waals surface area contributed by atoms with Crippen molar-refractivity contribution >= 4 is 11.4 Å². The van der Waals surface area contributed by atoms with Crippen LogP contribution >= 0.6 is 0 Å². The first kappa shape index (κ1) is 11.0. The van der Waals surface area contributed by atoms with Gasteiger partial charge in [0.25, 0.3) is 0 Å². The molecule has 0 fully saturated rings. The largest absolute Gasteiger partial charge is 0.453 e. The lowest BCUT2D eigenvalue weighted by molar-refractivity contribution is 0.476. The number of benzene rings is 2. The van der Waals surface area contributed by atoms with Crippen LogP contribution in [0, 0.1) is 0 Å². The van der Waals surface area contributed by atoms with E-state index in [0.29, 0.717) is 0 Å². The van der Waals surface area contributed by atoms with E-state index >= 15 is 0 Å². The average molecular weight is 257 g/mol. The van der Waals surface area contributed by atoms with E-state index in [1.165, 1.54) is 0 Å². The van der Waals surface area contributed by atoms with Gasteiger partial charge in [-0.3, -0.25) is 4.90 Å². The van der Waals surface area contributed by atoms with Gasteiger partial charge < -0.3 is 4.74 Å². The van der Waals surface area contributed by atoms with Crippen molar-refractivity contribution in [1.29, 1.82) is 0 Å². The Balaban J connectivity index is 2.00. The molecule has 20 heavy (non-hydrogen) atoms. The van der Waals surface area contributed by atoms with Crippen molar-refractivity contribution < 1.29 is 4.74 Å². The number of ether oxygens (including phenoxy) is 1. The molecular formula is C18H11NO. The van der Waals surface area contributed by atoms with Crippen molar-refractivity contribution in [3.8, 4) is 11.5 Å². The first-order chi connectivity index (χ1) is 9.93. The average Bonchev–Trinajstić information content (AvgIpc) is 2.53. The summed E-state index contributed by atoms with van der Waals surface area (Å²) in [5.74, 6) is 1.70. The molecule has 0 aromatic heterocycles. The summed E-state index contributed by atoms with van der Waals surface area (Å²) >= 11 is 0. The summed E-state index contributed by atoms with van der Waals surface area (Å²) in [7, 11) is 0. The van der Waals surface area contributed by atoms with E-state index in [1.807, 2.05) is 66.8 Å². The minimum absolute atomic E-state index is 0.850. The van der Waals surface area contributed by atoms with Gasteiger partial charge in [0.2, 0.25) is 0 Å². The third kappa shape index (κ3) is 1.61. The smallest absolute Gasteiger partial charge is 0.151 e. The Hall–Kier alpha value is -2.92. The van der Waals surface area contributed by atoms with Gasteiger partial charge in [0.15, 0.2) is 11.5 Å². The first-order valence-corrected chi connectivity index (χ1v) is 6.48. The number of fused-ring (bicyclic) bond motifs is 2. The summed E-state index contributed by atoms with van der Waals surface area (Å²) in [6, 6.07) is 16.0. The zero-order valence-electron chi connectivity index (χ0n) is 10.7. The highest BCUT2D eigenvalue weighted by molar-refractivity contribution is 5.81. The highest BCUT2D eigenvalue weighted by atomic mass is 16.5. The Morgan fingerprint density at radius 2 is 1.50 bits per heavy atom. The third-order valence-electron chi connectivity index (χ3n) is 3.31. The fraction of sp³-hybridized carbons (Fsp3) is 0. The number of hydrogen-bond donors (Lipinski definition) is 0. The summed E-state index contributed by atoms with van der Waals surface area (Å²) in [5.41, 5.74) is 9.16. The summed E-state index contributed by atoms with van der Waals surface area (Å²) in [6.45, 7) is 0. The van der Waals surface area contributed by atoms with Crippen LogP contribution in [0.5, 0.6) is 11.5 Å². The van der Waals surface area contributed by atoms with Crippen molar-refractivity contribution in [2.24, 2.45) is 0 Å². The summed E-state index contributed by atoms with van der Waals surface area (Å²) in [4.78, 5) is 2.14. The third-order valence-corrected chi connectivity index (χ3v) is 3.31. The Kier molecular flexibility index (Phi) is 2.37. The van der Waals surface area contributed by atoms with E-state index in [1.54, 1.807) is 0 Å². The summed E-state index contributed by atoms with van der Waals surface area (Å²) in [5, 5.41) is 0. The van der Waals surface area contributed by atoms with Crippen LogP contribution in [0.1, 0.15) is 0 Å². The van der Waals surface area contributed by atoms with E-state index < -0.39 is 0 Å². The molecule has 0 saturated heterocycles. The predicted octanol–water partition coefficient (Wildman–Crippen LogP) is 4.69. The number of nitrogens with zero attached hydrogens (tertiary/aromatic N) is 1. The molecule has 1 heterocycles. The summed E-state index contributed by atoms with van der Waals surface area (Å²) in [6.07, 6.45) is 5.84. The van der Waals surface area contributed by atoms with E-state index in [9.17, 15) is 0 Å². The van der Waals surface area contributed by atoms with Crippen molar-refractivity contribution in [3.63, 3.8) is 0 Å².